The standard InChI is InChI=1S/C12H22N4O2/c1-6-10(7-2)8(3)13-12-11(16(17)18)9(4)14-15(12)5/h8,10,13H,6-7H2,1-5H3. The van der Waals surface area contributed by atoms with Crippen molar-refractivity contribution in [3.8, 4) is 0 Å². The maximum atomic E-state index is 11.1. The second kappa shape index (κ2) is 5.84. The van der Waals surface area contributed by atoms with Crippen molar-refractivity contribution in [2.24, 2.45) is 13.0 Å². The van der Waals surface area contributed by atoms with E-state index in [1.165, 1.54) is 0 Å². The SMILES string of the molecule is CCC(CC)C(C)Nc1c([N+](=O)[O-])c(C)nn1C. The van der Waals surface area contributed by atoms with Gasteiger partial charge in [-0.2, -0.15) is 5.10 Å². The summed E-state index contributed by atoms with van der Waals surface area (Å²) in [6, 6.07) is 0.188. The Kier molecular flexibility index (Phi) is 4.69. The third-order valence-electron chi connectivity index (χ3n) is 3.49. The van der Waals surface area contributed by atoms with Gasteiger partial charge in [-0.05, 0) is 19.8 Å². The van der Waals surface area contributed by atoms with Crippen molar-refractivity contribution in [2.45, 2.75) is 46.6 Å². The van der Waals surface area contributed by atoms with Crippen LogP contribution in [-0.4, -0.2) is 20.7 Å². The smallest absolute Gasteiger partial charge is 0.333 e. The van der Waals surface area contributed by atoms with Crippen molar-refractivity contribution in [2.75, 3.05) is 5.32 Å². The highest BCUT2D eigenvalue weighted by molar-refractivity contribution is 5.59. The number of nitrogens with zero attached hydrogens (tertiary/aromatic N) is 3. The zero-order chi connectivity index (χ0) is 13.9. The molecule has 0 aromatic carbocycles. The Bertz CT molecular complexity index is 424. The van der Waals surface area contributed by atoms with Crippen LogP contribution in [0.3, 0.4) is 0 Å². The number of aromatic nitrogens is 2. The molecule has 1 aromatic heterocycles. The van der Waals surface area contributed by atoms with E-state index in [4.69, 9.17) is 0 Å². The van der Waals surface area contributed by atoms with Crippen molar-refractivity contribution in [3.63, 3.8) is 0 Å². The molecule has 0 radical (unpaired) electrons. The largest absolute Gasteiger partial charge is 0.362 e. The van der Waals surface area contributed by atoms with Gasteiger partial charge >= 0.3 is 5.69 Å². The van der Waals surface area contributed by atoms with Crippen molar-refractivity contribution < 1.29 is 4.92 Å². The van der Waals surface area contributed by atoms with Gasteiger partial charge in [-0.3, -0.25) is 10.1 Å². The Morgan fingerprint density at radius 1 is 1.44 bits per heavy atom. The maximum Gasteiger partial charge on any atom is 0.333 e. The Morgan fingerprint density at radius 2 is 2.00 bits per heavy atom. The predicted octanol–water partition coefficient (Wildman–Crippen LogP) is 2.87. The summed E-state index contributed by atoms with van der Waals surface area (Å²) in [5.41, 5.74) is 0.525. The van der Waals surface area contributed by atoms with E-state index in [9.17, 15) is 10.1 Å². The summed E-state index contributed by atoms with van der Waals surface area (Å²) >= 11 is 0. The molecule has 1 aromatic rings. The van der Waals surface area contributed by atoms with Crippen molar-refractivity contribution in [3.05, 3.63) is 15.8 Å². The minimum atomic E-state index is -0.371. The number of anilines is 1. The summed E-state index contributed by atoms with van der Waals surface area (Å²) in [7, 11) is 1.72. The maximum absolute atomic E-state index is 11.1. The highest BCUT2D eigenvalue weighted by Gasteiger charge is 2.26. The minimum absolute atomic E-state index is 0.0790. The topological polar surface area (TPSA) is 73.0 Å². The molecular formula is C12H22N4O2. The average Bonchev–Trinajstić information content (AvgIpc) is 2.55. The first-order valence-corrected chi connectivity index (χ1v) is 6.36. The molecule has 102 valence electrons. The van der Waals surface area contributed by atoms with Gasteiger partial charge in [0, 0.05) is 13.1 Å². The van der Waals surface area contributed by atoms with Crippen LogP contribution in [0.1, 0.15) is 39.3 Å². The molecule has 0 aliphatic heterocycles. The second-order valence-corrected chi connectivity index (χ2v) is 4.67. The summed E-state index contributed by atoms with van der Waals surface area (Å²) in [4.78, 5) is 10.7. The molecule has 1 rings (SSSR count). The summed E-state index contributed by atoms with van der Waals surface area (Å²) in [6.45, 7) is 7.99. The zero-order valence-corrected chi connectivity index (χ0v) is 11.7. The first-order valence-electron chi connectivity index (χ1n) is 6.36. The summed E-state index contributed by atoms with van der Waals surface area (Å²) < 4.78 is 1.55. The highest BCUT2D eigenvalue weighted by atomic mass is 16.6. The number of rotatable bonds is 6. The number of nitro groups is 1. The first-order chi connectivity index (χ1) is 8.42. The lowest BCUT2D eigenvalue weighted by Crippen LogP contribution is -2.26. The van der Waals surface area contributed by atoms with Gasteiger partial charge in [0.05, 0.1) is 4.92 Å². The number of nitrogens with one attached hydrogen (secondary N) is 1. The summed E-state index contributed by atoms with van der Waals surface area (Å²) in [5.74, 6) is 0.997. The van der Waals surface area contributed by atoms with Crippen LogP contribution >= 0.6 is 0 Å². The van der Waals surface area contributed by atoms with E-state index in [1.807, 2.05) is 0 Å². The fourth-order valence-corrected chi connectivity index (χ4v) is 2.36. The zero-order valence-electron chi connectivity index (χ0n) is 11.7. The predicted molar refractivity (Wildman–Crippen MR) is 71.8 cm³/mol. The van der Waals surface area contributed by atoms with Gasteiger partial charge < -0.3 is 5.32 Å². The van der Waals surface area contributed by atoms with E-state index in [2.05, 4.69) is 31.2 Å². The van der Waals surface area contributed by atoms with E-state index in [0.29, 0.717) is 17.4 Å². The molecule has 0 aliphatic carbocycles. The van der Waals surface area contributed by atoms with Crippen LogP contribution in [0.15, 0.2) is 0 Å². The lowest BCUT2D eigenvalue weighted by atomic mass is 9.95. The van der Waals surface area contributed by atoms with Crippen molar-refractivity contribution in [1.29, 1.82) is 0 Å². The molecule has 6 heteroatoms. The molecule has 1 heterocycles. The molecule has 1 atom stereocenters. The molecule has 1 unspecified atom stereocenters. The van der Waals surface area contributed by atoms with E-state index < -0.39 is 0 Å². The average molecular weight is 254 g/mol. The molecule has 18 heavy (non-hydrogen) atoms. The Labute approximate surface area is 108 Å². The summed E-state index contributed by atoms with van der Waals surface area (Å²) in [5, 5.41) is 18.4. The minimum Gasteiger partial charge on any atom is -0.362 e. The third-order valence-corrected chi connectivity index (χ3v) is 3.49. The highest BCUT2D eigenvalue weighted by Crippen LogP contribution is 2.29. The van der Waals surface area contributed by atoms with Gasteiger partial charge in [0.25, 0.3) is 0 Å². The van der Waals surface area contributed by atoms with E-state index in [1.54, 1.807) is 18.7 Å². The van der Waals surface area contributed by atoms with Crippen molar-refractivity contribution in [1.82, 2.24) is 9.78 Å². The van der Waals surface area contributed by atoms with E-state index >= 15 is 0 Å². The molecule has 0 amide bonds. The third kappa shape index (κ3) is 2.80. The van der Waals surface area contributed by atoms with Crippen LogP contribution in [0.5, 0.6) is 0 Å². The molecular weight excluding hydrogens is 232 g/mol. The van der Waals surface area contributed by atoms with Gasteiger partial charge in [0.15, 0.2) is 0 Å². The normalized spacial score (nSPS) is 12.8. The Hall–Kier alpha value is -1.59. The van der Waals surface area contributed by atoms with Gasteiger partial charge in [-0.15, -0.1) is 0 Å². The van der Waals surface area contributed by atoms with Gasteiger partial charge in [-0.1, -0.05) is 26.7 Å². The van der Waals surface area contributed by atoms with Gasteiger partial charge in [0.2, 0.25) is 5.82 Å². The van der Waals surface area contributed by atoms with Gasteiger partial charge in [-0.25, -0.2) is 4.68 Å². The molecule has 0 saturated carbocycles. The molecule has 0 fully saturated rings. The first kappa shape index (κ1) is 14.5. The number of hydrogen-bond acceptors (Lipinski definition) is 4. The molecule has 0 aliphatic rings. The molecule has 0 bridgehead atoms. The summed E-state index contributed by atoms with van der Waals surface area (Å²) in [6.07, 6.45) is 2.10. The van der Waals surface area contributed by atoms with E-state index in [0.717, 1.165) is 12.8 Å². The molecule has 0 spiro atoms. The van der Waals surface area contributed by atoms with Crippen LogP contribution in [0.25, 0.3) is 0 Å². The Morgan fingerprint density at radius 3 is 2.44 bits per heavy atom. The van der Waals surface area contributed by atoms with Crippen LogP contribution in [0, 0.1) is 23.0 Å². The van der Waals surface area contributed by atoms with Crippen LogP contribution in [0.2, 0.25) is 0 Å². The lowest BCUT2D eigenvalue weighted by molar-refractivity contribution is -0.384. The number of hydrogen-bond donors (Lipinski definition) is 1. The van der Waals surface area contributed by atoms with Crippen LogP contribution < -0.4 is 5.32 Å². The Balaban J connectivity index is 3.00. The molecule has 6 nitrogen and oxygen atoms in total. The molecule has 0 saturated heterocycles. The van der Waals surface area contributed by atoms with E-state index in [-0.39, 0.29) is 16.7 Å². The van der Waals surface area contributed by atoms with Crippen molar-refractivity contribution >= 4 is 11.5 Å². The number of aryl methyl sites for hydroxylation is 2. The fourth-order valence-electron chi connectivity index (χ4n) is 2.36. The van der Waals surface area contributed by atoms with Crippen LogP contribution in [-0.2, 0) is 7.05 Å². The quantitative estimate of drug-likeness (QED) is 0.625. The fraction of sp³-hybridized carbons (Fsp3) is 0.750. The monoisotopic (exact) mass is 254 g/mol. The molecule has 1 N–H and O–H groups in total. The van der Waals surface area contributed by atoms with Crippen LogP contribution in [0.4, 0.5) is 11.5 Å². The second-order valence-electron chi connectivity index (χ2n) is 4.67. The van der Waals surface area contributed by atoms with Gasteiger partial charge in [0.1, 0.15) is 5.69 Å². The lowest BCUT2D eigenvalue weighted by Gasteiger charge is -2.22.